The van der Waals surface area contributed by atoms with Crippen LogP contribution >= 0.6 is 0 Å². The third-order valence-corrected chi connectivity index (χ3v) is 5.53. The van der Waals surface area contributed by atoms with Gasteiger partial charge in [0.05, 0.1) is 19.8 Å². The molecule has 146 valence electrons. The van der Waals surface area contributed by atoms with Crippen molar-refractivity contribution in [1.82, 2.24) is 10.2 Å². The molecule has 0 radical (unpaired) electrons. The van der Waals surface area contributed by atoms with Crippen LogP contribution in [0.4, 0.5) is 0 Å². The Morgan fingerprint density at radius 3 is 2.79 bits per heavy atom. The van der Waals surface area contributed by atoms with E-state index in [2.05, 4.69) is 5.32 Å². The van der Waals surface area contributed by atoms with Crippen molar-refractivity contribution in [3.63, 3.8) is 0 Å². The number of Topliss-reactive ketones (excluding diaryl/α,β-unsaturated/α-hetero) is 1. The summed E-state index contributed by atoms with van der Waals surface area (Å²) in [5, 5.41) is 2.81. The topological polar surface area (TPSA) is 84.9 Å². The van der Waals surface area contributed by atoms with Gasteiger partial charge in [-0.3, -0.25) is 9.59 Å². The fourth-order valence-electron chi connectivity index (χ4n) is 4.35. The molecule has 1 aliphatic carbocycles. The number of allylic oxidation sites excluding steroid dienone is 2. The van der Waals surface area contributed by atoms with Crippen molar-refractivity contribution >= 4 is 17.7 Å². The third-order valence-electron chi connectivity index (χ3n) is 5.53. The number of nitrogens with one attached hydrogen (secondary N) is 1. The predicted octanol–water partition coefficient (Wildman–Crippen LogP) is 1.66. The van der Waals surface area contributed by atoms with E-state index in [4.69, 9.17) is 9.47 Å². The van der Waals surface area contributed by atoms with Gasteiger partial charge in [-0.05, 0) is 30.5 Å². The van der Waals surface area contributed by atoms with Crippen LogP contribution in [0.3, 0.4) is 0 Å². The molecule has 1 amide bonds. The van der Waals surface area contributed by atoms with Crippen LogP contribution in [-0.2, 0) is 19.1 Å². The van der Waals surface area contributed by atoms with E-state index in [0.717, 1.165) is 17.7 Å². The molecular weight excluding hydrogens is 360 g/mol. The van der Waals surface area contributed by atoms with E-state index in [-0.39, 0.29) is 17.3 Å². The number of carbonyl (C=O) groups excluding carboxylic acids is 3. The molecule has 1 N–H and O–H groups in total. The van der Waals surface area contributed by atoms with Crippen molar-refractivity contribution in [3.05, 3.63) is 52.4 Å². The van der Waals surface area contributed by atoms with Crippen LogP contribution in [0, 0.1) is 0 Å². The Balaban J connectivity index is 2.00. The lowest BCUT2D eigenvalue weighted by atomic mass is 9.74. The highest BCUT2D eigenvalue weighted by molar-refractivity contribution is 6.09. The average molecular weight is 382 g/mol. The van der Waals surface area contributed by atoms with Crippen LogP contribution < -0.4 is 10.1 Å². The van der Waals surface area contributed by atoms with E-state index < -0.39 is 11.9 Å². The van der Waals surface area contributed by atoms with E-state index in [9.17, 15) is 14.4 Å². The highest BCUT2D eigenvalue weighted by Crippen LogP contribution is 2.47. The van der Waals surface area contributed by atoms with Gasteiger partial charge in [0.2, 0.25) is 0 Å². The van der Waals surface area contributed by atoms with Gasteiger partial charge in [-0.1, -0.05) is 12.1 Å². The van der Waals surface area contributed by atoms with Crippen molar-refractivity contribution in [2.45, 2.75) is 25.2 Å². The molecule has 0 aromatic heterocycles. The number of amides is 1. The number of benzene rings is 1. The van der Waals surface area contributed by atoms with Gasteiger partial charge in [0.25, 0.3) is 5.91 Å². The first-order valence-corrected chi connectivity index (χ1v) is 9.35. The second-order valence-corrected chi connectivity index (χ2v) is 7.01. The number of piperazine rings is 1. The zero-order valence-electron chi connectivity index (χ0n) is 15.9. The first-order chi connectivity index (χ1) is 13.6. The molecule has 1 unspecified atom stereocenters. The third kappa shape index (κ3) is 2.78. The van der Waals surface area contributed by atoms with Crippen molar-refractivity contribution in [1.29, 1.82) is 0 Å². The summed E-state index contributed by atoms with van der Waals surface area (Å²) >= 11 is 0. The molecule has 1 aromatic rings. The molecule has 1 fully saturated rings. The Kier molecular flexibility index (Phi) is 4.66. The normalized spacial score (nSPS) is 21.8. The van der Waals surface area contributed by atoms with Crippen molar-refractivity contribution < 1.29 is 23.9 Å². The van der Waals surface area contributed by atoms with Gasteiger partial charge in [0, 0.05) is 36.7 Å². The first kappa shape index (κ1) is 18.3. The lowest BCUT2D eigenvalue weighted by molar-refractivity contribution is -0.137. The van der Waals surface area contributed by atoms with E-state index in [1.165, 1.54) is 7.11 Å². The Labute approximate surface area is 163 Å². The molecule has 7 heteroatoms. The van der Waals surface area contributed by atoms with Gasteiger partial charge >= 0.3 is 5.97 Å². The summed E-state index contributed by atoms with van der Waals surface area (Å²) in [6.07, 6.45) is 1.87. The molecule has 7 nitrogen and oxygen atoms in total. The second-order valence-electron chi connectivity index (χ2n) is 7.01. The number of hydrogen-bond acceptors (Lipinski definition) is 6. The van der Waals surface area contributed by atoms with Crippen LogP contribution in [-0.4, -0.2) is 49.9 Å². The summed E-state index contributed by atoms with van der Waals surface area (Å²) in [6.45, 7) is 0.990. The van der Waals surface area contributed by atoms with Crippen molar-refractivity contribution in [3.8, 4) is 5.75 Å². The number of ketones is 1. The molecule has 3 aliphatic rings. The Morgan fingerprint density at radius 1 is 1.21 bits per heavy atom. The van der Waals surface area contributed by atoms with E-state index in [0.29, 0.717) is 43.0 Å². The number of fused-ring (bicyclic) bond motifs is 2. The summed E-state index contributed by atoms with van der Waals surface area (Å²) in [4.78, 5) is 40.4. The highest BCUT2D eigenvalue weighted by Gasteiger charge is 2.45. The van der Waals surface area contributed by atoms with Gasteiger partial charge in [-0.15, -0.1) is 0 Å². The van der Waals surface area contributed by atoms with Crippen molar-refractivity contribution in [2.75, 3.05) is 27.3 Å². The highest BCUT2D eigenvalue weighted by atomic mass is 16.5. The number of carbonyl (C=O) groups is 3. The maximum atomic E-state index is 13.0. The number of methoxy groups -OCH3 is 2. The number of ether oxygens (including phenoxy) is 2. The van der Waals surface area contributed by atoms with Gasteiger partial charge in [0.1, 0.15) is 11.4 Å². The molecule has 2 aliphatic heterocycles. The maximum absolute atomic E-state index is 13.0. The minimum Gasteiger partial charge on any atom is -0.497 e. The smallest absolute Gasteiger partial charge is 0.337 e. The first-order valence-electron chi connectivity index (χ1n) is 9.35. The summed E-state index contributed by atoms with van der Waals surface area (Å²) in [5.41, 5.74) is 2.68. The lowest BCUT2D eigenvalue weighted by Gasteiger charge is -2.43. The van der Waals surface area contributed by atoms with Gasteiger partial charge in [-0.25, -0.2) is 4.79 Å². The number of esters is 1. The standard InChI is InChI=1S/C21H22N2O5/c1-27-13-6-3-5-12(11-13)16-17-14(7-4-8-15(17)24)23-10-9-22-20(25)19(23)18(16)21(26)28-2/h3,5-6,11,16H,4,7-10H2,1-2H3,(H,22,25). The molecule has 28 heavy (non-hydrogen) atoms. The fraction of sp³-hybridized carbons (Fsp3) is 0.381. The summed E-state index contributed by atoms with van der Waals surface area (Å²) in [6, 6.07) is 7.26. The predicted molar refractivity (Wildman–Crippen MR) is 100 cm³/mol. The Bertz CT molecular complexity index is 930. The van der Waals surface area contributed by atoms with E-state index in [1.54, 1.807) is 19.2 Å². The molecule has 1 saturated heterocycles. The average Bonchev–Trinajstić information content (AvgIpc) is 2.72. The molecule has 4 rings (SSSR count). The van der Waals surface area contributed by atoms with Gasteiger partial charge in [-0.2, -0.15) is 0 Å². The molecular formula is C21H22N2O5. The largest absolute Gasteiger partial charge is 0.497 e. The van der Waals surface area contributed by atoms with Crippen LogP contribution in [0.1, 0.15) is 30.7 Å². The number of rotatable bonds is 3. The Morgan fingerprint density at radius 2 is 2.04 bits per heavy atom. The summed E-state index contributed by atoms with van der Waals surface area (Å²) in [5.74, 6) is -0.937. The zero-order chi connectivity index (χ0) is 19.8. The van der Waals surface area contributed by atoms with Gasteiger partial charge < -0.3 is 19.7 Å². The Hall–Kier alpha value is -3.09. The van der Waals surface area contributed by atoms with Crippen LogP contribution in [0.15, 0.2) is 46.8 Å². The molecule has 0 spiro atoms. The lowest BCUT2D eigenvalue weighted by Crippen LogP contribution is -2.50. The number of nitrogens with zero attached hydrogens (tertiary/aromatic N) is 1. The molecule has 0 bridgehead atoms. The second kappa shape index (κ2) is 7.14. The molecule has 2 heterocycles. The zero-order valence-corrected chi connectivity index (χ0v) is 15.9. The van der Waals surface area contributed by atoms with Crippen LogP contribution in [0.5, 0.6) is 5.75 Å². The SMILES string of the molecule is COC(=O)C1=C2C(=O)NCCN2C2=C(C(=O)CCC2)C1c1cccc(OC)c1. The molecule has 1 aromatic carbocycles. The maximum Gasteiger partial charge on any atom is 0.337 e. The molecule has 0 saturated carbocycles. The monoisotopic (exact) mass is 382 g/mol. The fourth-order valence-corrected chi connectivity index (χ4v) is 4.35. The molecule has 1 atom stereocenters. The summed E-state index contributed by atoms with van der Waals surface area (Å²) < 4.78 is 10.4. The van der Waals surface area contributed by atoms with E-state index >= 15 is 0 Å². The summed E-state index contributed by atoms with van der Waals surface area (Å²) in [7, 11) is 2.85. The van der Waals surface area contributed by atoms with Gasteiger partial charge in [0.15, 0.2) is 5.78 Å². The van der Waals surface area contributed by atoms with Crippen molar-refractivity contribution in [2.24, 2.45) is 0 Å². The number of hydrogen-bond donors (Lipinski definition) is 1. The van der Waals surface area contributed by atoms with Crippen LogP contribution in [0.2, 0.25) is 0 Å². The minimum absolute atomic E-state index is 0.0144. The quantitative estimate of drug-likeness (QED) is 0.801. The van der Waals surface area contributed by atoms with E-state index in [1.807, 2.05) is 17.0 Å². The minimum atomic E-state index is -0.652. The van der Waals surface area contributed by atoms with Crippen LogP contribution in [0.25, 0.3) is 0 Å².